The second kappa shape index (κ2) is 5.97. The van der Waals surface area contributed by atoms with Gasteiger partial charge in [0.05, 0.1) is 23.1 Å². The molecular formula is C15H19N5O3S. The van der Waals surface area contributed by atoms with E-state index < -0.39 is 9.84 Å². The van der Waals surface area contributed by atoms with Crippen LogP contribution in [-0.2, 0) is 9.84 Å². The molecule has 24 heavy (non-hydrogen) atoms. The first-order chi connectivity index (χ1) is 11.3. The van der Waals surface area contributed by atoms with Gasteiger partial charge in [0.15, 0.2) is 9.84 Å². The molecule has 0 unspecified atom stereocenters. The summed E-state index contributed by atoms with van der Waals surface area (Å²) >= 11 is 0. The van der Waals surface area contributed by atoms with Crippen molar-refractivity contribution in [3.8, 4) is 0 Å². The Morgan fingerprint density at radius 2 is 2.08 bits per heavy atom. The molecule has 8 nitrogen and oxygen atoms in total. The standard InChI is InChI=1S/C15H19N5O3S/c1-9-12(6-16-10(2)18-9)15(21)20-5-4-11(8-20)14-13(7-17-19-14)24(3,22)23/h6-7,11H,4-5,8H2,1-3H3,(H,17,19)/t11-/m1/s1. The molecule has 0 saturated carbocycles. The number of H-pyrrole nitrogens is 1. The second-order valence-electron chi connectivity index (χ2n) is 6.07. The Morgan fingerprint density at radius 1 is 1.33 bits per heavy atom. The van der Waals surface area contributed by atoms with Crippen LogP contribution in [0.2, 0.25) is 0 Å². The SMILES string of the molecule is Cc1ncc(C(=O)N2CC[C@@H](c3[nH]ncc3S(C)(=O)=O)C2)c(C)n1. The summed E-state index contributed by atoms with van der Waals surface area (Å²) < 4.78 is 23.7. The van der Waals surface area contributed by atoms with Gasteiger partial charge in [-0.15, -0.1) is 0 Å². The van der Waals surface area contributed by atoms with Crippen LogP contribution in [0.1, 0.15) is 39.9 Å². The molecule has 1 amide bonds. The summed E-state index contributed by atoms with van der Waals surface area (Å²) in [4.78, 5) is 22.9. The zero-order chi connectivity index (χ0) is 17.5. The average Bonchev–Trinajstić information content (AvgIpc) is 3.15. The molecule has 1 atom stereocenters. The summed E-state index contributed by atoms with van der Waals surface area (Å²) in [5.41, 5.74) is 1.70. The fourth-order valence-electron chi connectivity index (χ4n) is 3.02. The number of carbonyl (C=O) groups is 1. The Balaban J connectivity index is 1.81. The predicted octanol–water partition coefficient (Wildman–Crippen LogP) is 0.850. The van der Waals surface area contributed by atoms with Crippen LogP contribution in [0.3, 0.4) is 0 Å². The first kappa shape index (κ1) is 16.6. The molecule has 0 aliphatic carbocycles. The first-order valence-corrected chi connectivity index (χ1v) is 9.49. The van der Waals surface area contributed by atoms with Crippen LogP contribution in [0.25, 0.3) is 0 Å². The molecule has 1 saturated heterocycles. The van der Waals surface area contributed by atoms with Crippen molar-refractivity contribution in [3.63, 3.8) is 0 Å². The van der Waals surface area contributed by atoms with Crippen LogP contribution in [0.4, 0.5) is 0 Å². The monoisotopic (exact) mass is 349 g/mol. The minimum atomic E-state index is -3.35. The molecule has 9 heteroatoms. The number of amides is 1. The minimum Gasteiger partial charge on any atom is -0.338 e. The van der Waals surface area contributed by atoms with E-state index in [1.54, 1.807) is 24.9 Å². The highest BCUT2D eigenvalue weighted by Crippen LogP contribution is 2.31. The normalized spacial score (nSPS) is 18.1. The third-order valence-electron chi connectivity index (χ3n) is 4.25. The van der Waals surface area contributed by atoms with Gasteiger partial charge >= 0.3 is 0 Å². The van der Waals surface area contributed by atoms with Crippen LogP contribution in [0.15, 0.2) is 17.3 Å². The lowest BCUT2D eigenvalue weighted by Crippen LogP contribution is -2.29. The third-order valence-corrected chi connectivity index (χ3v) is 5.37. The molecule has 0 spiro atoms. The van der Waals surface area contributed by atoms with Crippen molar-refractivity contribution in [3.05, 3.63) is 35.2 Å². The smallest absolute Gasteiger partial charge is 0.257 e. The molecule has 3 heterocycles. The highest BCUT2D eigenvalue weighted by atomic mass is 32.2. The molecular weight excluding hydrogens is 330 g/mol. The van der Waals surface area contributed by atoms with E-state index in [-0.39, 0.29) is 16.7 Å². The fraction of sp³-hybridized carbons (Fsp3) is 0.467. The molecule has 0 aromatic carbocycles. The first-order valence-electron chi connectivity index (χ1n) is 7.60. The van der Waals surface area contributed by atoms with E-state index in [1.807, 2.05) is 0 Å². The predicted molar refractivity (Wildman–Crippen MR) is 86.5 cm³/mol. The van der Waals surface area contributed by atoms with E-state index in [1.165, 1.54) is 6.20 Å². The summed E-state index contributed by atoms with van der Waals surface area (Å²) in [5, 5.41) is 6.64. The van der Waals surface area contributed by atoms with Crippen LogP contribution in [0.5, 0.6) is 0 Å². The highest BCUT2D eigenvalue weighted by Gasteiger charge is 2.32. The van der Waals surface area contributed by atoms with Crippen molar-refractivity contribution in [1.29, 1.82) is 0 Å². The fourth-order valence-corrected chi connectivity index (χ4v) is 3.87. The summed E-state index contributed by atoms with van der Waals surface area (Å²) in [6, 6.07) is 0. The average molecular weight is 349 g/mol. The van der Waals surface area contributed by atoms with Gasteiger partial charge in [-0.25, -0.2) is 18.4 Å². The van der Waals surface area contributed by atoms with Crippen LogP contribution in [0, 0.1) is 13.8 Å². The summed E-state index contributed by atoms with van der Waals surface area (Å²) in [6.45, 7) is 4.56. The van der Waals surface area contributed by atoms with Gasteiger partial charge in [0, 0.05) is 31.5 Å². The lowest BCUT2D eigenvalue weighted by Gasteiger charge is -2.17. The van der Waals surface area contributed by atoms with Crippen LogP contribution >= 0.6 is 0 Å². The van der Waals surface area contributed by atoms with Crippen molar-refractivity contribution in [1.82, 2.24) is 25.1 Å². The Morgan fingerprint density at radius 3 is 2.75 bits per heavy atom. The quantitative estimate of drug-likeness (QED) is 0.880. The zero-order valence-electron chi connectivity index (χ0n) is 13.8. The Hall–Kier alpha value is -2.29. The molecule has 1 aliphatic rings. The maximum atomic E-state index is 12.7. The summed E-state index contributed by atoms with van der Waals surface area (Å²) in [6.07, 6.45) is 4.72. The van der Waals surface area contributed by atoms with Crippen LogP contribution in [-0.4, -0.2) is 58.7 Å². The molecule has 1 fully saturated rings. The molecule has 2 aromatic heterocycles. The van der Waals surface area contributed by atoms with Gasteiger partial charge < -0.3 is 4.90 Å². The van der Waals surface area contributed by atoms with Gasteiger partial charge in [0.2, 0.25) is 0 Å². The highest BCUT2D eigenvalue weighted by molar-refractivity contribution is 7.90. The largest absolute Gasteiger partial charge is 0.338 e. The molecule has 128 valence electrons. The minimum absolute atomic E-state index is 0.0761. The number of aromatic amines is 1. The number of hydrogen-bond acceptors (Lipinski definition) is 6. The molecule has 1 N–H and O–H groups in total. The Kier molecular flexibility index (Phi) is 4.12. The lowest BCUT2D eigenvalue weighted by molar-refractivity contribution is 0.0789. The van der Waals surface area contributed by atoms with Crippen molar-refractivity contribution < 1.29 is 13.2 Å². The Bertz CT molecular complexity index is 890. The van der Waals surface area contributed by atoms with Crippen molar-refractivity contribution in [2.75, 3.05) is 19.3 Å². The molecule has 3 rings (SSSR count). The number of aryl methyl sites for hydroxylation is 2. The van der Waals surface area contributed by atoms with Gasteiger partial charge in [-0.05, 0) is 20.3 Å². The molecule has 0 radical (unpaired) electrons. The van der Waals surface area contributed by atoms with E-state index >= 15 is 0 Å². The zero-order valence-corrected chi connectivity index (χ0v) is 14.6. The van der Waals surface area contributed by atoms with E-state index in [0.29, 0.717) is 42.3 Å². The number of nitrogens with one attached hydrogen (secondary N) is 1. The number of nitrogens with zero attached hydrogens (tertiary/aromatic N) is 4. The van der Waals surface area contributed by atoms with E-state index in [4.69, 9.17) is 0 Å². The van der Waals surface area contributed by atoms with Crippen molar-refractivity contribution >= 4 is 15.7 Å². The van der Waals surface area contributed by atoms with Crippen LogP contribution < -0.4 is 0 Å². The Labute approximate surface area is 140 Å². The van der Waals surface area contributed by atoms with Crippen molar-refractivity contribution in [2.45, 2.75) is 31.1 Å². The topological polar surface area (TPSA) is 109 Å². The molecule has 0 bridgehead atoms. The number of carbonyl (C=O) groups excluding carboxylic acids is 1. The molecule has 1 aliphatic heterocycles. The second-order valence-corrected chi connectivity index (χ2v) is 8.06. The van der Waals surface area contributed by atoms with Gasteiger partial charge in [0.1, 0.15) is 10.7 Å². The third kappa shape index (κ3) is 3.03. The summed E-state index contributed by atoms with van der Waals surface area (Å²) in [7, 11) is -3.35. The number of likely N-dealkylation sites (tertiary alicyclic amines) is 1. The van der Waals surface area contributed by atoms with Gasteiger partial charge in [-0.3, -0.25) is 9.89 Å². The maximum absolute atomic E-state index is 12.7. The number of rotatable bonds is 3. The lowest BCUT2D eigenvalue weighted by atomic mass is 10.1. The van der Waals surface area contributed by atoms with Gasteiger partial charge in [-0.2, -0.15) is 5.10 Å². The maximum Gasteiger partial charge on any atom is 0.257 e. The number of sulfone groups is 1. The van der Waals surface area contributed by atoms with E-state index in [2.05, 4.69) is 20.2 Å². The van der Waals surface area contributed by atoms with Crippen molar-refractivity contribution in [2.24, 2.45) is 0 Å². The van der Waals surface area contributed by atoms with Gasteiger partial charge in [0.25, 0.3) is 5.91 Å². The summed E-state index contributed by atoms with van der Waals surface area (Å²) in [5.74, 6) is 0.418. The van der Waals surface area contributed by atoms with E-state index in [9.17, 15) is 13.2 Å². The van der Waals surface area contributed by atoms with Gasteiger partial charge in [-0.1, -0.05) is 0 Å². The number of hydrogen-bond donors (Lipinski definition) is 1. The molecule has 2 aromatic rings. The van der Waals surface area contributed by atoms with E-state index in [0.717, 1.165) is 6.26 Å². The number of aromatic nitrogens is 4.